The van der Waals surface area contributed by atoms with Gasteiger partial charge in [0.15, 0.2) is 0 Å². The number of nitrogens with zero attached hydrogens (tertiary/aromatic N) is 3. The van der Waals surface area contributed by atoms with Gasteiger partial charge < -0.3 is 5.32 Å². The highest BCUT2D eigenvalue weighted by atomic mass is 32.2. The Morgan fingerprint density at radius 2 is 1.79 bits per heavy atom. The zero-order valence-electron chi connectivity index (χ0n) is 19.4. The second kappa shape index (κ2) is 7.90. The summed E-state index contributed by atoms with van der Waals surface area (Å²) in [4.78, 5) is 27.8. The third-order valence-corrected chi connectivity index (χ3v) is 9.61. The van der Waals surface area contributed by atoms with Gasteiger partial charge in [-0.25, -0.2) is 4.68 Å². The van der Waals surface area contributed by atoms with Gasteiger partial charge in [0.1, 0.15) is 11.6 Å². The molecule has 2 amide bonds. The van der Waals surface area contributed by atoms with Crippen molar-refractivity contribution in [1.29, 1.82) is 0 Å². The number of fused-ring (bicyclic) bond motifs is 1. The fraction of sp³-hybridized carbons (Fsp3) is 0.577. The molecule has 4 aliphatic carbocycles. The molecule has 4 bridgehead atoms. The zero-order valence-corrected chi connectivity index (χ0v) is 20.2. The van der Waals surface area contributed by atoms with Crippen LogP contribution in [0.15, 0.2) is 35.4 Å². The lowest BCUT2D eigenvalue weighted by Gasteiger charge is -2.59. The maximum atomic E-state index is 13.2. The number of nitrogens with one attached hydrogen (secondary N) is 1. The summed E-state index contributed by atoms with van der Waals surface area (Å²) < 4.78 is 1.89. The predicted octanol–water partition coefficient (Wildman–Crippen LogP) is 4.34. The molecule has 33 heavy (non-hydrogen) atoms. The monoisotopic (exact) mass is 464 g/mol. The van der Waals surface area contributed by atoms with E-state index in [4.69, 9.17) is 5.10 Å². The molecule has 7 rings (SSSR count). The molecule has 1 aliphatic heterocycles. The number of rotatable bonds is 5. The molecule has 1 aromatic heterocycles. The molecule has 0 spiro atoms. The van der Waals surface area contributed by atoms with Gasteiger partial charge in [-0.2, -0.15) is 5.10 Å². The number of carbonyl (C=O) groups excluding carboxylic acids is 2. The second-order valence-electron chi connectivity index (χ2n) is 10.8. The van der Waals surface area contributed by atoms with Crippen LogP contribution in [-0.4, -0.2) is 39.9 Å². The summed E-state index contributed by atoms with van der Waals surface area (Å²) in [5, 5.41) is 8.97. The normalized spacial score (nSPS) is 30.9. The Balaban J connectivity index is 1.21. The van der Waals surface area contributed by atoms with E-state index in [0.717, 1.165) is 39.8 Å². The van der Waals surface area contributed by atoms with Crippen molar-refractivity contribution in [3.8, 4) is 5.69 Å². The molecule has 1 atom stereocenters. The van der Waals surface area contributed by atoms with Crippen molar-refractivity contribution < 1.29 is 9.59 Å². The predicted molar refractivity (Wildman–Crippen MR) is 130 cm³/mol. The summed E-state index contributed by atoms with van der Waals surface area (Å²) >= 11 is 1.50. The first kappa shape index (κ1) is 21.3. The van der Waals surface area contributed by atoms with Crippen LogP contribution in [0.1, 0.15) is 51.1 Å². The van der Waals surface area contributed by atoms with Gasteiger partial charge in [0.25, 0.3) is 0 Å². The Morgan fingerprint density at radius 3 is 2.42 bits per heavy atom. The number of benzene rings is 1. The molecule has 0 saturated heterocycles. The Morgan fingerprint density at radius 1 is 1.15 bits per heavy atom. The summed E-state index contributed by atoms with van der Waals surface area (Å²) in [5.41, 5.74) is 2.77. The average molecular weight is 465 g/mol. The quantitative estimate of drug-likeness (QED) is 0.715. The molecular formula is C26H32N4O2S. The van der Waals surface area contributed by atoms with Crippen LogP contribution in [-0.2, 0) is 9.59 Å². The van der Waals surface area contributed by atoms with Crippen LogP contribution >= 0.6 is 11.8 Å². The fourth-order valence-electron chi connectivity index (χ4n) is 7.47. The van der Waals surface area contributed by atoms with Crippen molar-refractivity contribution in [2.75, 3.05) is 17.2 Å². The Hall–Kier alpha value is -2.28. The van der Waals surface area contributed by atoms with Gasteiger partial charge in [-0.1, -0.05) is 30.0 Å². The molecule has 7 heteroatoms. The number of aryl methyl sites for hydroxylation is 1. The molecule has 5 aliphatic rings. The van der Waals surface area contributed by atoms with Gasteiger partial charge in [0.05, 0.1) is 22.8 Å². The minimum absolute atomic E-state index is 0.0270. The lowest BCUT2D eigenvalue weighted by atomic mass is 9.48. The lowest BCUT2D eigenvalue weighted by Crippen LogP contribution is -2.57. The third-order valence-electron chi connectivity index (χ3n) is 8.58. The van der Waals surface area contributed by atoms with Crippen LogP contribution in [0.3, 0.4) is 0 Å². The van der Waals surface area contributed by atoms with Crippen LogP contribution < -0.4 is 10.2 Å². The fourth-order valence-corrected chi connectivity index (χ4v) is 8.55. The van der Waals surface area contributed by atoms with Gasteiger partial charge in [-0.15, -0.1) is 0 Å². The summed E-state index contributed by atoms with van der Waals surface area (Å²) in [6.07, 6.45) is 7.96. The molecule has 4 fully saturated rings. The Kier molecular flexibility index (Phi) is 5.09. The maximum Gasteiger partial charge on any atom is 0.240 e. The van der Waals surface area contributed by atoms with E-state index in [1.807, 2.05) is 41.9 Å². The topological polar surface area (TPSA) is 67.2 Å². The number of carbonyl (C=O) groups is 2. The molecule has 174 valence electrons. The number of amides is 2. The average Bonchev–Trinajstić information content (AvgIpc) is 3.12. The van der Waals surface area contributed by atoms with Gasteiger partial charge in [0, 0.05) is 6.04 Å². The van der Waals surface area contributed by atoms with Gasteiger partial charge in [-0.05, 0) is 87.7 Å². The van der Waals surface area contributed by atoms with E-state index in [9.17, 15) is 9.59 Å². The van der Waals surface area contributed by atoms with Crippen LogP contribution in [0.2, 0.25) is 0 Å². The van der Waals surface area contributed by atoms with Crippen LogP contribution in [0.4, 0.5) is 5.69 Å². The standard InChI is InChI=1S/C26H32N4O2S/c1-16-24-25(30(28-16)21-6-4-3-5-7-21)33-15-23(32)29(24)14-22(31)27-17(2)26-11-18-8-19(12-26)10-20(9-18)13-26/h3-7,17-20H,8-15H2,1-2H3,(H,27,31). The van der Waals surface area contributed by atoms with E-state index in [1.165, 1.54) is 50.3 Å². The summed E-state index contributed by atoms with van der Waals surface area (Å²) in [7, 11) is 0. The highest BCUT2D eigenvalue weighted by molar-refractivity contribution is 8.00. The van der Waals surface area contributed by atoms with Crippen molar-refractivity contribution in [2.45, 2.75) is 63.4 Å². The van der Waals surface area contributed by atoms with Crippen molar-refractivity contribution in [3.05, 3.63) is 36.0 Å². The number of anilines is 1. The summed E-state index contributed by atoms with van der Waals surface area (Å²) in [6, 6.07) is 10.1. The van der Waals surface area contributed by atoms with Crippen molar-refractivity contribution in [2.24, 2.45) is 23.2 Å². The minimum atomic E-state index is -0.0590. The van der Waals surface area contributed by atoms with Crippen LogP contribution in [0.5, 0.6) is 0 Å². The first-order valence-corrected chi connectivity index (χ1v) is 13.3. The first-order chi connectivity index (χ1) is 15.9. The number of hydrogen-bond donors (Lipinski definition) is 1. The highest BCUT2D eigenvalue weighted by Gasteiger charge is 2.53. The first-order valence-electron chi connectivity index (χ1n) is 12.3. The van der Waals surface area contributed by atoms with E-state index in [1.54, 1.807) is 4.90 Å². The number of thioether (sulfide) groups is 1. The van der Waals surface area contributed by atoms with Crippen LogP contribution in [0, 0.1) is 30.1 Å². The third kappa shape index (κ3) is 3.59. The summed E-state index contributed by atoms with van der Waals surface area (Å²) in [6.45, 7) is 4.17. The largest absolute Gasteiger partial charge is 0.352 e. The number of hydrogen-bond acceptors (Lipinski definition) is 4. The zero-order chi connectivity index (χ0) is 22.7. The molecule has 6 nitrogen and oxygen atoms in total. The van der Waals surface area contributed by atoms with Gasteiger partial charge in [-0.3, -0.25) is 14.5 Å². The van der Waals surface area contributed by atoms with Gasteiger partial charge >= 0.3 is 0 Å². The van der Waals surface area contributed by atoms with Crippen LogP contribution in [0.25, 0.3) is 5.69 Å². The van der Waals surface area contributed by atoms with E-state index in [2.05, 4.69) is 12.2 Å². The maximum absolute atomic E-state index is 13.2. The SMILES string of the molecule is Cc1nn(-c2ccccc2)c2c1N(CC(=O)NC(C)C13CC4CC(CC(C4)C1)C3)C(=O)CS2. The van der Waals surface area contributed by atoms with Crippen molar-refractivity contribution in [1.82, 2.24) is 15.1 Å². The molecule has 1 N–H and O–H groups in total. The minimum Gasteiger partial charge on any atom is -0.352 e. The van der Waals surface area contributed by atoms with E-state index < -0.39 is 0 Å². The molecule has 1 aromatic carbocycles. The van der Waals surface area contributed by atoms with Crippen molar-refractivity contribution >= 4 is 29.3 Å². The second-order valence-corrected chi connectivity index (χ2v) is 11.8. The molecule has 2 aromatic rings. The van der Waals surface area contributed by atoms with E-state index >= 15 is 0 Å². The molecule has 2 heterocycles. The Labute approximate surface area is 199 Å². The highest BCUT2D eigenvalue weighted by Crippen LogP contribution is 2.61. The Bertz CT molecular complexity index is 1060. The smallest absolute Gasteiger partial charge is 0.240 e. The molecule has 0 radical (unpaired) electrons. The molecular weight excluding hydrogens is 432 g/mol. The number of para-hydroxylation sites is 1. The van der Waals surface area contributed by atoms with Crippen molar-refractivity contribution in [3.63, 3.8) is 0 Å². The van der Waals surface area contributed by atoms with Gasteiger partial charge in [0.2, 0.25) is 11.8 Å². The summed E-state index contributed by atoms with van der Waals surface area (Å²) in [5.74, 6) is 2.79. The van der Waals surface area contributed by atoms with E-state index in [0.29, 0.717) is 5.75 Å². The number of aromatic nitrogens is 2. The lowest BCUT2D eigenvalue weighted by molar-refractivity contribution is -0.126. The van der Waals surface area contributed by atoms with E-state index in [-0.39, 0.29) is 29.8 Å². The molecule has 4 saturated carbocycles. The molecule has 1 unspecified atom stereocenters.